The van der Waals surface area contributed by atoms with Crippen LogP contribution in [-0.2, 0) is 16.6 Å². The molecule has 1 fully saturated rings. The molecule has 202 valence electrons. The molecule has 5 rings (SSSR count). The molecule has 2 aliphatic heterocycles. The number of rotatable bonds is 8. The largest absolute Gasteiger partial charge is 0.573 e. The smallest absolute Gasteiger partial charge is 0.406 e. The number of benzene rings is 3. The molecule has 0 radical (unpaired) electrons. The van der Waals surface area contributed by atoms with E-state index >= 15 is 0 Å². The molecule has 2 heterocycles. The number of anilines is 2. The van der Waals surface area contributed by atoms with Crippen LogP contribution in [0.4, 0.5) is 28.9 Å². The van der Waals surface area contributed by atoms with Crippen LogP contribution in [0.25, 0.3) is 0 Å². The highest BCUT2D eigenvalue weighted by molar-refractivity contribution is 5.68. The van der Waals surface area contributed by atoms with Gasteiger partial charge in [0, 0.05) is 43.0 Å². The Morgan fingerprint density at radius 2 is 1.74 bits per heavy atom. The van der Waals surface area contributed by atoms with E-state index in [1.54, 1.807) is 12.1 Å². The molecular weight excluding hydrogens is 500 g/mol. The normalized spacial score (nSPS) is 20.3. The van der Waals surface area contributed by atoms with Crippen LogP contribution >= 0.6 is 0 Å². The average Bonchev–Trinajstić information content (AvgIpc) is 3.22. The van der Waals surface area contributed by atoms with Gasteiger partial charge in [-0.2, -0.15) is 0 Å². The Bertz CT molecular complexity index is 1250. The van der Waals surface area contributed by atoms with Gasteiger partial charge in [-0.15, -0.1) is 13.2 Å². The van der Waals surface area contributed by atoms with Gasteiger partial charge >= 0.3 is 6.36 Å². The Kier molecular flexibility index (Phi) is 7.49. The van der Waals surface area contributed by atoms with Crippen LogP contribution in [0, 0.1) is 0 Å². The van der Waals surface area contributed by atoms with Gasteiger partial charge < -0.3 is 24.4 Å². The fourth-order valence-electron chi connectivity index (χ4n) is 5.64. The Hall–Kier alpha value is -3.30. The van der Waals surface area contributed by atoms with Gasteiger partial charge in [0.05, 0.1) is 19.3 Å². The first kappa shape index (κ1) is 26.3. The number of halogens is 4. The molecule has 0 amide bonds. The number of fused-ring (bicyclic) bond motifs is 1. The lowest BCUT2D eigenvalue weighted by Crippen LogP contribution is -2.40. The number of alkyl halides is 4. The quantitative estimate of drug-likeness (QED) is 0.411. The fraction of sp³-hybridized carbons (Fsp3) is 0.379. The molecule has 9 heteroatoms. The molecule has 5 nitrogen and oxygen atoms in total. The van der Waals surface area contributed by atoms with Crippen LogP contribution < -0.4 is 14.5 Å². The minimum absolute atomic E-state index is 0.107. The Balaban J connectivity index is 1.60. The maximum atomic E-state index is 13.3. The molecule has 0 spiro atoms. The molecule has 1 saturated heterocycles. The zero-order valence-electron chi connectivity index (χ0n) is 20.8. The zero-order chi connectivity index (χ0) is 26.8. The molecule has 3 aromatic carbocycles. The third-order valence-electron chi connectivity index (χ3n) is 7.24. The number of aliphatic hydroxyl groups excluding tert-OH is 1. The van der Waals surface area contributed by atoms with Crippen LogP contribution in [-0.4, -0.2) is 63.6 Å². The van der Waals surface area contributed by atoms with Crippen LogP contribution in [0.3, 0.4) is 0 Å². The molecule has 1 unspecified atom stereocenters. The maximum absolute atomic E-state index is 13.3. The molecule has 0 aromatic heterocycles. The molecule has 2 aliphatic rings. The van der Waals surface area contributed by atoms with Crippen LogP contribution in [0.5, 0.6) is 5.75 Å². The number of nitrogens with zero attached hydrogens (tertiary/aromatic N) is 2. The Morgan fingerprint density at radius 3 is 2.50 bits per heavy atom. The Morgan fingerprint density at radius 1 is 0.974 bits per heavy atom. The summed E-state index contributed by atoms with van der Waals surface area (Å²) in [7, 11) is 0. The summed E-state index contributed by atoms with van der Waals surface area (Å²) in [5.41, 5.74) is 3.90. The topological polar surface area (TPSA) is 45.2 Å². The van der Waals surface area contributed by atoms with Crippen LogP contribution in [0.1, 0.15) is 16.7 Å². The molecule has 0 bridgehead atoms. The second kappa shape index (κ2) is 10.8. The van der Waals surface area contributed by atoms with Gasteiger partial charge in [-0.05, 0) is 53.4 Å². The van der Waals surface area contributed by atoms with Gasteiger partial charge in [0.15, 0.2) is 0 Å². The maximum Gasteiger partial charge on any atom is 0.573 e. The van der Waals surface area contributed by atoms with Crippen molar-refractivity contribution in [2.75, 3.05) is 55.9 Å². The second-order valence-corrected chi connectivity index (χ2v) is 9.81. The highest BCUT2D eigenvalue weighted by Crippen LogP contribution is 2.48. The van der Waals surface area contributed by atoms with Crippen LogP contribution in [0.2, 0.25) is 0 Å². The predicted molar refractivity (Wildman–Crippen MR) is 138 cm³/mol. The van der Waals surface area contributed by atoms with Crippen molar-refractivity contribution >= 4 is 11.4 Å². The number of para-hydroxylation sites is 1. The van der Waals surface area contributed by atoms with Crippen molar-refractivity contribution in [2.24, 2.45) is 0 Å². The SMILES string of the molecule is O[C@@H](CF)CN1CC(Cc2cccc(OC(F)(F)F)c2)(c2cccc(N3CCOCC3)c2)c2ccccc21. The van der Waals surface area contributed by atoms with E-state index in [0.717, 1.165) is 35.6 Å². The second-order valence-electron chi connectivity index (χ2n) is 9.81. The molecule has 0 saturated carbocycles. The standard InChI is InChI=1S/C29H30F4N2O3/c30-18-24(36)19-35-20-28(26-9-1-2-10-27(26)35,17-21-5-3-8-25(15-21)38-29(31,32)33)22-6-4-7-23(16-22)34-11-13-37-14-12-34/h1-10,15-16,24,36H,11-14,17-20H2/t24-,28?/m0/s1. The first-order valence-corrected chi connectivity index (χ1v) is 12.6. The monoisotopic (exact) mass is 530 g/mol. The summed E-state index contributed by atoms with van der Waals surface area (Å²) in [6, 6.07) is 22.0. The predicted octanol–water partition coefficient (Wildman–Crippen LogP) is 5.10. The van der Waals surface area contributed by atoms with Crippen molar-refractivity contribution < 1.29 is 32.1 Å². The number of β-amino-alcohol motifs (C(OH)–C–C–N with tert-alkyl or cyclic N) is 1. The first-order chi connectivity index (χ1) is 18.3. The summed E-state index contributed by atoms with van der Waals surface area (Å²) in [5.74, 6) is -0.275. The van der Waals surface area contributed by atoms with Crippen LogP contribution in [0.15, 0.2) is 72.8 Å². The molecule has 2 atom stereocenters. The van der Waals surface area contributed by atoms with Crippen molar-refractivity contribution in [3.8, 4) is 5.75 Å². The van der Waals surface area contributed by atoms with Gasteiger partial charge in [-0.3, -0.25) is 0 Å². The highest BCUT2D eigenvalue weighted by atomic mass is 19.4. The average molecular weight is 531 g/mol. The van der Waals surface area contributed by atoms with E-state index in [2.05, 4.69) is 15.7 Å². The molecule has 3 aromatic rings. The summed E-state index contributed by atoms with van der Waals surface area (Å²) in [6.07, 6.45) is -5.56. The minimum atomic E-state index is -4.79. The summed E-state index contributed by atoms with van der Waals surface area (Å²) in [4.78, 5) is 4.22. The van der Waals surface area contributed by atoms with E-state index in [1.807, 2.05) is 47.4 Å². The molecule has 38 heavy (non-hydrogen) atoms. The number of hydrogen-bond acceptors (Lipinski definition) is 5. The van der Waals surface area contributed by atoms with Crippen molar-refractivity contribution in [3.63, 3.8) is 0 Å². The molecule has 0 aliphatic carbocycles. The zero-order valence-corrected chi connectivity index (χ0v) is 20.8. The summed E-state index contributed by atoms with van der Waals surface area (Å²) < 4.78 is 61.9. The van der Waals surface area contributed by atoms with E-state index in [9.17, 15) is 22.7 Å². The molecule has 1 N–H and O–H groups in total. The molecular formula is C29H30F4N2O3. The number of ether oxygens (including phenoxy) is 2. The number of hydrogen-bond donors (Lipinski definition) is 1. The third-order valence-corrected chi connectivity index (χ3v) is 7.24. The van der Waals surface area contributed by atoms with E-state index in [1.165, 1.54) is 12.1 Å². The van der Waals surface area contributed by atoms with Crippen molar-refractivity contribution in [2.45, 2.75) is 24.3 Å². The van der Waals surface area contributed by atoms with E-state index in [4.69, 9.17) is 4.74 Å². The van der Waals surface area contributed by atoms with Gasteiger partial charge in [0.2, 0.25) is 0 Å². The minimum Gasteiger partial charge on any atom is -0.406 e. The Labute approximate surface area is 219 Å². The van der Waals surface area contributed by atoms with E-state index in [0.29, 0.717) is 31.7 Å². The fourth-order valence-corrected chi connectivity index (χ4v) is 5.64. The summed E-state index contributed by atoms with van der Waals surface area (Å²) in [5, 5.41) is 10.2. The lowest BCUT2D eigenvalue weighted by atomic mass is 9.71. The number of aliphatic hydroxyl groups is 1. The van der Waals surface area contributed by atoms with Gasteiger partial charge in [0.25, 0.3) is 0 Å². The van der Waals surface area contributed by atoms with Gasteiger partial charge in [-0.1, -0.05) is 42.5 Å². The van der Waals surface area contributed by atoms with Crippen molar-refractivity contribution in [3.05, 3.63) is 89.5 Å². The number of morpholine rings is 1. The van der Waals surface area contributed by atoms with Crippen molar-refractivity contribution in [1.29, 1.82) is 0 Å². The first-order valence-electron chi connectivity index (χ1n) is 12.6. The summed E-state index contributed by atoms with van der Waals surface area (Å²) >= 11 is 0. The van der Waals surface area contributed by atoms with Gasteiger partial charge in [-0.25, -0.2) is 4.39 Å². The lowest BCUT2D eigenvalue weighted by Gasteiger charge is -2.34. The lowest BCUT2D eigenvalue weighted by molar-refractivity contribution is -0.274. The van der Waals surface area contributed by atoms with Gasteiger partial charge in [0.1, 0.15) is 12.4 Å². The third kappa shape index (κ3) is 5.59. The summed E-state index contributed by atoms with van der Waals surface area (Å²) in [6.45, 7) is 2.47. The van der Waals surface area contributed by atoms with E-state index < -0.39 is 24.6 Å². The van der Waals surface area contributed by atoms with Crippen molar-refractivity contribution in [1.82, 2.24) is 0 Å². The van der Waals surface area contributed by atoms with E-state index in [-0.39, 0.29) is 12.3 Å². The highest BCUT2D eigenvalue weighted by Gasteiger charge is 2.44.